The summed E-state index contributed by atoms with van der Waals surface area (Å²) in [5.74, 6) is 1.35. The van der Waals surface area contributed by atoms with Crippen LogP contribution in [0.5, 0.6) is 0 Å². The molecule has 94 valence electrons. The highest BCUT2D eigenvalue weighted by molar-refractivity contribution is 5.90. The highest BCUT2D eigenvalue weighted by atomic mass is 16.5. The van der Waals surface area contributed by atoms with E-state index >= 15 is 0 Å². The van der Waals surface area contributed by atoms with Gasteiger partial charge in [-0.1, -0.05) is 0 Å². The number of hydrogen-bond acceptors (Lipinski definition) is 4. The van der Waals surface area contributed by atoms with Crippen molar-refractivity contribution in [3.63, 3.8) is 0 Å². The molecule has 1 heterocycles. The molecule has 0 aliphatic heterocycles. The number of aromatic nitrogens is 3. The summed E-state index contributed by atoms with van der Waals surface area (Å²) in [6, 6.07) is 0. The van der Waals surface area contributed by atoms with Gasteiger partial charge in [0.15, 0.2) is 0 Å². The maximum atomic E-state index is 11.6. The van der Waals surface area contributed by atoms with Crippen molar-refractivity contribution in [2.45, 2.75) is 32.1 Å². The number of hydrogen-bond donors (Lipinski definition) is 2. The quantitative estimate of drug-likeness (QED) is 0.690. The third-order valence-electron chi connectivity index (χ3n) is 2.62. The van der Waals surface area contributed by atoms with E-state index in [-0.39, 0.29) is 11.7 Å². The van der Waals surface area contributed by atoms with Gasteiger partial charge in [0, 0.05) is 25.7 Å². The van der Waals surface area contributed by atoms with Gasteiger partial charge in [-0.05, 0) is 26.2 Å². The second kappa shape index (κ2) is 5.77. The van der Waals surface area contributed by atoms with Crippen LogP contribution < -0.4 is 5.32 Å². The standard InChI is InChI=1S/C11H18N4O2/c1-2-17-7-3-6-12-11(16)10-13-9(14-15-10)8-4-5-8/h8H,2-7H2,1H3,(H,12,16)(H,13,14,15). The number of H-pyrrole nitrogens is 1. The lowest BCUT2D eigenvalue weighted by Crippen LogP contribution is -2.26. The first-order valence-corrected chi connectivity index (χ1v) is 6.09. The first-order valence-electron chi connectivity index (χ1n) is 6.09. The summed E-state index contributed by atoms with van der Waals surface area (Å²) in [6.07, 6.45) is 3.09. The van der Waals surface area contributed by atoms with Crippen molar-refractivity contribution in [3.8, 4) is 0 Å². The van der Waals surface area contributed by atoms with Crippen molar-refractivity contribution in [3.05, 3.63) is 11.6 Å². The molecule has 0 saturated heterocycles. The van der Waals surface area contributed by atoms with E-state index in [2.05, 4.69) is 20.5 Å². The molecule has 17 heavy (non-hydrogen) atoms. The lowest BCUT2D eigenvalue weighted by atomic mass is 10.4. The van der Waals surface area contributed by atoms with Crippen LogP contribution in [0.4, 0.5) is 0 Å². The zero-order valence-corrected chi connectivity index (χ0v) is 10.0. The molecule has 0 spiro atoms. The summed E-state index contributed by atoms with van der Waals surface area (Å²) in [7, 11) is 0. The first-order chi connectivity index (χ1) is 8.31. The van der Waals surface area contributed by atoms with Crippen LogP contribution in [-0.2, 0) is 4.74 Å². The van der Waals surface area contributed by atoms with E-state index in [1.54, 1.807) is 0 Å². The Morgan fingerprint density at radius 2 is 2.41 bits per heavy atom. The molecule has 1 aliphatic rings. The van der Waals surface area contributed by atoms with Gasteiger partial charge in [0.1, 0.15) is 5.82 Å². The van der Waals surface area contributed by atoms with Crippen molar-refractivity contribution in [2.24, 2.45) is 0 Å². The number of amides is 1. The Labute approximate surface area is 100 Å². The number of carbonyl (C=O) groups is 1. The predicted molar refractivity (Wildman–Crippen MR) is 61.8 cm³/mol. The van der Waals surface area contributed by atoms with Gasteiger partial charge in [-0.2, -0.15) is 0 Å². The van der Waals surface area contributed by atoms with Crippen LogP contribution in [0.3, 0.4) is 0 Å². The van der Waals surface area contributed by atoms with Gasteiger partial charge in [-0.15, -0.1) is 5.10 Å². The first kappa shape index (κ1) is 12.0. The molecule has 1 fully saturated rings. The fourth-order valence-electron chi connectivity index (χ4n) is 1.51. The summed E-state index contributed by atoms with van der Waals surface area (Å²) in [4.78, 5) is 15.8. The van der Waals surface area contributed by atoms with Crippen molar-refractivity contribution >= 4 is 5.91 Å². The van der Waals surface area contributed by atoms with E-state index in [0.29, 0.717) is 25.7 Å². The molecule has 2 N–H and O–H groups in total. The van der Waals surface area contributed by atoms with E-state index in [1.807, 2.05) is 6.92 Å². The molecule has 6 heteroatoms. The summed E-state index contributed by atoms with van der Waals surface area (Å²) in [6.45, 7) is 3.91. The van der Waals surface area contributed by atoms with Gasteiger partial charge in [-0.25, -0.2) is 4.98 Å². The van der Waals surface area contributed by atoms with Crippen molar-refractivity contribution in [1.29, 1.82) is 0 Å². The minimum absolute atomic E-state index is 0.218. The Bertz CT molecular complexity index is 373. The molecule has 1 amide bonds. The maximum absolute atomic E-state index is 11.6. The molecule has 0 bridgehead atoms. The molecular weight excluding hydrogens is 220 g/mol. The molecule has 2 rings (SSSR count). The van der Waals surface area contributed by atoms with Crippen LogP contribution >= 0.6 is 0 Å². The Morgan fingerprint density at radius 3 is 3.12 bits per heavy atom. The minimum atomic E-state index is -0.218. The summed E-state index contributed by atoms with van der Waals surface area (Å²) in [5.41, 5.74) is 0. The Balaban J connectivity index is 1.70. The molecule has 0 unspecified atom stereocenters. The van der Waals surface area contributed by atoms with E-state index in [0.717, 1.165) is 25.1 Å². The molecule has 0 aromatic carbocycles. The smallest absolute Gasteiger partial charge is 0.290 e. The highest BCUT2D eigenvalue weighted by Crippen LogP contribution is 2.37. The van der Waals surface area contributed by atoms with Crippen LogP contribution in [-0.4, -0.2) is 40.8 Å². The van der Waals surface area contributed by atoms with Crippen LogP contribution in [0.15, 0.2) is 0 Å². The number of nitrogens with zero attached hydrogens (tertiary/aromatic N) is 2. The summed E-state index contributed by atoms with van der Waals surface area (Å²) < 4.78 is 5.18. The molecule has 0 atom stereocenters. The average molecular weight is 238 g/mol. The number of ether oxygens (including phenoxy) is 1. The number of carbonyl (C=O) groups excluding carboxylic acids is 1. The number of nitrogens with one attached hydrogen (secondary N) is 2. The van der Waals surface area contributed by atoms with Crippen LogP contribution in [0, 0.1) is 0 Å². The van der Waals surface area contributed by atoms with Crippen LogP contribution in [0.1, 0.15) is 48.5 Å². The number of aromatic amines is 1. The van der Waals surface area contributed by atoms with Gasteiger partial charge < -0.3 is 10.1 Å². The second-order valence-electron chi connectivity index (χ2n) is 4.12. The highest BCUT2D eigenvalue weighted by Gasteiger charge is 2.28. The van der Waals surface area contributed by atoms with Crippen LogP contribution in [0.2, 0.25) is 0 Å². The van der Waals surface area contributed by atoms with Gasteiger partial charge >= 0.3 is 0 Å². The molecule has 0 radical (unpaired) electrons. The summed E-state index contributed by atoms with van der Waals surface area (Å²) >= 11 is 0. The van der Waals surface area contributed by atoms with Crippen molar-refractivity contribution in [1.82, 2.24) is 20.5 Å². The van der Waals surface area contributed by atoms with E-state index in [4.69, 9.17) is 4.74 Å². The fourth-order valence-corrected chi connectivity index (χ4v) is 1.51. The Hall–Kier alpha value is -1.43. The molecule has 1 aromatic heterocycles. The lowest BCUT2D eigenvalue weighted by molar-refractivity contribution is 0.0934. The SMILES string of the molecule is CCOCCCNC(=O)c1n[nH]c(C2CC2)n1. The minimum Gasteiger partial charge on any atom is -0.382 e. The molecule has 6 nitrogen and oxygen atoms in total. The normalized spacial score (nSPS) is 14.9. The largest absolute Gasteiger partial charge is 0.382 e. The molecule has 1 aliphatic carbocycles. The Kier molecular flexibility index (Phi) is 4.08. The zero-order valence-electron chi connectivity index (χ0n) is 10.0. The van der Waals surface area contributed by atoms with E-state index in [1.165, 1.54) is 0 Å². The monoisotopic (exact) mass is 238 g/mol. The van der Waals surface area contributed by atoms with Gasteiger partial charge in [0.25, 0.3) is 5.91 Å². The van der Waals surface area contributed by atoms with Crippen molar-refractivity contribution < 1.29 is 9.53 Å². The lowest BCUT2D eigenvalue weighted by Gasteiger charge is -2.02. The molecule has 1 saturated carbocycles. The third-order valence-corrected chi connectivity index (χ3v) is 2.62. The Morgan fingerprint density at radius 1 is 1.59 bits per heavy atom. The van der Waals surface area contributed by atoms with E-state index in [9.17, 15) is 4.79 Å². The zero-order chi connectivity index (χ0) is 12.1. The third kappa shape index (κ3) is 3.52. The molecule has 1 aromatic rings. The van der Waals surface area contributed by atoms with Gasteiger partial charge in [0.05, 0.1) is 0 Å². The average Bonchev–Trinajstić information content (AvgIpc) is 3.07. The fraction of sp³-hybridized carbons (Fsp3) is 0.727. The van der Waals surface area contributed by atoms with Gasteiger partial charge in [0.2, 0.25) is 5.82 Å². The molecular formula is C11H18N4O2. The number of rotatable bonds is 7. The topological polar surface area (TPSA) is 79.9 Å². The van der Waals surface area contributed by atoms with Crippen molar-refractivity contribution in [2.75, 3.05) is 19.8 Å². The second-order valence-corrected chi connectivity index (χ2v) is 4.12. The maximum Gasteiger partial charge on any atom is 0.290 e. The van der Waals surface area contributed by atoms with Gasteiger partial charge in [-0.3, -0.25) is 9.89 Å². The van der Waals surface area contributed by atoms with E-state index < -0.39 is 0 Å². The van der Waals surface area contributed by atoms with Crippen LogP contribution in [0.25, 0.3) is 0 Å². The predicted octanol–water partition coefficient (Wildman–Crippen LogP) is 0.838. The summed E-state index contributed by atoms with van der Waals surface area (Å²) in [5, 5.41) is 9.49.